The Morgan fingerprint density at radius 1 is 0.565 bits per heavy atom. The monoisotopic (exact) mass is 634 g/mol. The third-order valence-electron chi connectivity index (χ3n) is 11.1. The molecule has 10 nitrogen and oxygen atoms in total. The second-order valence-corrected chi connectivity index (χ2v) is 16.5. The fraction of sp³-hybridized carbons (Fsp3) is 0. The molecule has 13 rings (SSSR count). The van der Waals surface area contributed by atoms with Crippen LogP contribution in [0.1, 0.15) is 0 Å². The van der Waals surface area contributed by atoms with Crippen LogP contribution in [0.3, 0.4) is 0 Å². The summed E-state index contributed by atoms with van der Waals surface area (Å²) in [6.45, 7) is -0.754. The predicted molar refractivity (Wildman–Crippen MR) is 165 cm³/mol. The van der Waals surface area contributed by atoms with Gasteiger partial charge in [0, 0.05) is 79.5 Å². The van der Waals surface area contributed by atoms with Gasteiger partial charge in [0.1, 0.15) is 0 Å². The second-order valence-electron chi connectivity index (χ2n) is 12.7. The first-order chi connectivity index (χ1) is 22.4. The lowest BCUT2D eigenvalue weighted by Gasteiger charge is -2.40. The first-order valence-corrected chi connectivity index (χ1v) is 17.8. The molecule has 0 radical (unpaired) electrons. The molecular weight excluding hydrogens is 620 g/mol. The van der Waals surface area contributed by atoms with Crippen LogP contribution in [-0.2, 0) is 19.7 Å². The number of benzene rings is 2. The molecule has 212 valence electrons. The van der Waals surface area contributed by atoms with Crippen molar-refractivity contribution in [3.05, 3.63) is 85.7 Å². The minimum Gasteiger partial charge on any atom is -0.444 e. The quantitative estimate of drug-likeness (QED) is 0.115. The molecule has 4 aromatic heterocycles. The van der Waals surface area contributed by atoms with Gasteiger partial charge in [0.05, 0.1) is 19.6 Å². The summed E-state index contributed by atoms with van der Waals surface area (Å²) in [5.41, 5.74) is 9.33. The molecule has 0 N–H and O–H groups in total. The lowest BCUT2D eigenvalue weighted by molar-refractivity contribution is -1.03. The molecule has 6 aromatic rings. The number of aromatic nitrogens is 4. The molecule has 0 saturated heterocycles. The van der Waals surface area contributed by atoms with Gasteiger partial charge in [-0.05, 0) is 47.3 Å². The number of rotatable bonds is 0. The third kappa shape index (κ3) is 1.95. The standard InChI is InChI=1S/C32H14B2N5O5S2/c40-45(41)21-7-5-19-29-27(21)33-25-17(11-35-13-23(25)45)15-3-1-9-37(31(15)33)39(29)30-20(44-19)6-8-22-28(30)34-26-18(12-36-14-24(26)46(22,42)43)16-4-2-10-38(39)32(16)34/h1-14H/q+3. The molecule has 0 atom stereocenters. The minimum absolute atomic E-state index is 0.116. The summed E-state index contributed by atoms with van der Waals surface area (Å²) in [5.74, 6) is 1.05. The van der Waals surface area contributed by atoms with E-state index >= 15 is 0 Å². The van der Waals surface area contributed by atoms with Crippen molar-refractivity contribution in [1.82, 2.24) is 14.7 Å². The van der Waals surface area contributed by atoms with Gasteiger partial charge in [-0.25, -0.2) is 16.8 Å². The zero-order chi connectivity index (χ0) is 30.2. The predicted octanol–water partition coefficient (Wildman–Crippen LogP) is -1.36. The Morgan fingerprint density at radius 2 is 1.04 bits per heavy atom. The first kappa shape index (κ1) is 23.2. The van der Waals surface area contributed by atoms with E-state index in [-0.39, 0.29) is 37.7 Å². The van der Waals surface area contributed by atoms with E-state index in [1.54, 1.807) is 36.7 Å². The van der Waals surface area contributed by atoms with Crippen LogP contribution in [0.15, 0.2) is 105 Å². The number of hydrogen-bond acceptors (Lipinski definition) is 7. The minimum atomic E-state index is -3.95. The Morgan fingerprint density at radius 3 is 1.52 bits per heavy atom. The van der Waals surface area contributed by atoms with Crippen molar-refractivity contribution < 1.29 is 30.9 Å². The molecule has 1 spiro atoms. The molecule has 14 heteroatoms. The maximum Gasteiger partial charge on any atom is 0.346 e. The van der Waals surface area contributed by atoms with Crippen molar-refractivity contribution in [3.8, 4) is 33.8 Å². The van der Waals surface area contributed by atoms with E-state index in [4.69, 9.17) is 4.74 Å². The van der Waals surface area contributed by atoms with Gasteiger partial charge in [-0.15, -0.1) is 0 Å². The molecule has 0 saturated carbocycles. The average Bonchev–Trinajstić information content (AvgIpc) is 3.59. The van der Waals surface area contributed by atoms with E-state index < -0.39 is 19.7 Å². The Bertz CT molecular complexity index is 2720. The Balaban J connectivity index is 1.34. The van der Waals surface area contributed by atoms with Crippen molar-refractivity contribution in [2.45, 2.75) is 19.6 Å². The van der Waals surface area contributed by atoms with Gasteiger partial charge < -0.3 is 4.74 Å². The first-order valence-electron chi connectivity index (χ1n) is 14.9. The summed E-state index contributed by atoms with van der Waals surface area (Å²) in [6, 6.07) is 14.8. The summed E-state index contributed by atoms with van der Waals surface area (Å²) in [4.78, 5) is 9.70. The maximum atomic E-state index is 14.5. The van der Waals surface area contributed by atoms with Crippen molar-refractivity contribution in [2.75, 3.05) is 0 Å². The molecule has 7 aliphatic heterocycles. The van der Waals surface area contributed by atoms with Gasteiger partial charge in [-0.1, -0.05) is 0 Å². The van der Waals surface area contributed by atoms with Crippen molar-refractivity contribution >= 4 is 77.5 Å². The van der Waals surface area contributed by atoms with E-state index in [0.29, 0.717) is 33.8 Å². The number of nitrogens with zero attached hydrogens (tertiary/aromatic N) is 5. The highest BCUT2D eigenvalue weighted by Crippen LogP contribution is 2.53. The zero-order valence-electron chi connectivity index (χ0n) is 23.3. The van der Waals surface area contributed by atoms with Gasteiger partial charge in [0.2, 0.25) is 54.8 Å². The van der Waals surface area contributed by atoms with Crippen LogP contribution in [0.5, 0.6) is 11.5 Å². The summed E-state index contributed by atoms with van der Waals surface area (Å²) < 4.78 is 68.8. The fourth-order valence-corrected chi connectivity index (χ4v) is 13.1. The van der Waals surface area contributed by atoms with Gasteiger partial charge >= 0.3 is 24.8 Å². The van der Waals surface area contributed by atoms with Crippen LogP contribution in [-0.4, -0.2) is 40.2 Å². The molecule has 0 bridgehead atoms. The lowest BCUT2D eigenvalue weighted by Crippen LogP contribution is -2.99. The molecule has 0 unspecified atom stereocenters. The summed E-state index contributed by atoms with van der Waals surface area (Å²) in [7, 11) is -7.90. The highest BCUT2D eigenvalue weighted by molar-refractivity contribution is 7.92. The maximum absolute atomic E-state index is 14.5. The molecule has 7 aliphatic rings. The number of hydrogen-bond donors (Lipinski definition) is 0. The molecule has 2 aromatic carbocycles. The Hall–Kier alpha value is -5.17. The van der Waals surface area contributed by atoms with E-state index in [2.05, 4.69) is 19.3 Å². The van der Waals surface area contributed by atoms with Crippen LogP contribution in [0.25, 0.3) is 22.3 Å². The van der Waals surface area contributed by atoms with Gasteiger partial charge in [0.15, 0.2) is 4.70 Å². The molecule has 46 heavy (non-hydrogen) atoms. The number of pyridine rings is 4. The zero-order valence-corrected chi connectivity index (χ0v) is 25.0. The van der Waals surface area contributed by atoms with Gasteiger partial charge in [-0.2, -0.15) is 0 Å². The normalized spacial score (nSPS) is 19.0. The lowest BCUT2D eigenvalue weighted by atomic mass is 9.38. The van der Waals surface area contributed by atoms with Gasteiger partial charge in [0.25, 0.3) is 0 Å². The van der Waals surface area contributed by atoms with Crippen LogP contribution >= 0.6 is 0 Å². The van der Waals surface area contributed by atoms with Crippen molar-refractivity contribution in [3.63, 3.8) is 0 Å². The molecule has 11 heterocycles. The summed E-state index contributed by atoms with van der Waals surface area (Å²) >= 11 is 0. The van der Waals surface area contributed by atoms with Crippen LogP contribution in [0.4, 0.5) is 11.4 Å². The molecule has 0 amide bonds. The van der Waals surface area contributed by atoms with Crippen molar-refractivity contribution in [2.24, 2.45) is 0 Å². The molecule has 0 aliphatic carbocycles. The van der Waals surface area contributed by atoms with E-state index in [0.717, 1.165) is 44.4 Å². The average molecular weight is 634 g/mol. The molecule has 0 fully saturated rings. The Kier molecular flexibility index (Phi) is 3.30. The topological polar surface area (TPSA) is 111 Å². The molecular formula is C32H14B2N5O5S2+3. The van der Waals surface area contributed by atoms with Gasteiger partial charge in [-0.3, -0.25) is 9.97 Å². The number of quaternary nitrogens is 1. The van der Waals surface area contributed by atoms with Crippen LogP contribution in [0, 0.1) is 0 Å². The number of ether oxygens (including phenoxy) is 1. The Labute approximate surface area is 261 Å². The highest BCUT2D eigenvalue weighted by atomic mass is 32.2. The number of sulfone groups is 2. The fourth-order valence-electron chi connectivity index (χ4n) is 9.72. The van der Waals surface area contributed by atoms with E-state index in [9.17, 15) is 16.8 Å². The SMILES string of the molecule is O=S1(=O)c2cncc3c2B2c4c1ccc1c4[N+]4(c5c(ccc6c5B5c7c(cncc7S6(=O)=O)-c6ccc[n+]4c65)O1)[n+]1cccc-3c12. The van der Waals surface area contributed by atoms with E-state index in [1.165, 1.54) is 12.4 Å². The summed E-state index contributed by atoms with van der Waals surface area (Å²) in [6.07, 6.45) is 10.5. The smallest absolute Gasteiger partial charge is 0.346 e. The third-order valence-corrected chi connectivity index (χ3v) is 14.8. The largest absolute Gasteiger partial charge is 0.444 e. The van der Waals surface area contributed by atoms with Crippen molar-refractivity contribution in [1.29, 1.82) is 0 Å². The second kappa shape index (κ2) is 6.54. The van der Waals surface area contributed by atoms with E-state index in [1.807, 2.05) is 36.7 Å². The summed E-state index contributed by atoms with van der Waals surface area (Å²) in [5, 5.41) is 0. The number of fused-ring (bicyclic) bond motifs is 2. The van der Waals surface area contributed by atoms with Crippen LogP contribution < -0.4 is 51.8 Å². The highest BCUT2D eigenvalue weighted by Gasteiger charge is 2.76. The van der Waals surface area contributed by atoms with Crippen LogP contribution in [0.2, 0.25) is 0 Å².